The van der Waals surface area contributed by atoms with Crippen molar-refractivity contribution in [3.63, 3.8) is 0 Å². The SMILES string of the molecule is CCOCCn1c(=NC(=O)c2cc(C)nn2CC)sc2cc(C)c(C)cc21. The van der Waals surface area contributed by atoms with E-state index in [4.69, 9.17) is 4.74 Å². The van der Waals surface area contributed by atoms with Gasteiger partial charge in [0.15, 0.2) is 4.80 Å². The van der Waals surface area contributed by atoms with E-state index in [1.54, 1.807) is 10.7 Å². The number of carbonyl (C=O) groups excluding carboxylic acids is 1. The van der Waals surface area contributed by atoms with Crippen molar-refractivity contribution >= 4 is 27.5 Å². The van der Waals surface area contributed by atoms with Crippen LogP contribution in [0.15, 0.2) is 23.2 Å². The van der Waals surface area contributed by atoms with Crippen molar-refractivity contribution in [2.24, 2.45) is 4.99 Å². The van der Waals surface area contributed by atoms with Gasteiger partial charge in [-0.2, -0.15) is 10.1 Å². The monoisotopic (exact) mass is 386 g/mol. The highest BCUT2D eigenvalue weighted by Gasteiger charge is 2.14. The molecule has 27 heavy (non-hydrogen) atoms. The molecule has 0 aliphatic heterocycles. The van der Waals surface area contributed by atoms with E-state index in [-0.39, 0.29) is 5.91 Å². The van der Waals surface area contributed by atoms with Crippen LogP contribution in [0, 0.1) is 20.8 Å². The summed E-state index contributed by atoms with van der Waals surface area (Å²) < 4.78 is 10.4. The Morgan fingerprint density at radius 1 is 1.19 bits per heavy atom. The van der Waals surface area contributed by atoms with Crippen molar-refractivity contribution in [3.05, 3.63) is 45.5 Å². The molecule has 0 spiro atoms. The van der Waals surface area contributed by atoms with Crippen molar-refractivity contribution in [1.82, 2.24) is 14.3 Å². The molecule has 3 aromatic rings. The molecule has 3 rings (SSSR count). The molecule has 144 valence electrons. The summed E-state index contributed by atoms with van der Waals surface area (Å²) in [7, 11) is 0. The molecule has 0 radical (unpaired) electrons. The van der Waals surface area contributed by atoms with Gasteiger partial charge in [-0.1, -0.05) is 11.3 Å². The number of hydrogen-bond donors (Lipinski definition) is 0. The quantitative estimate of drug-likeness (QED) is 0.608. The highest BCUT2D eigenvalue weighted by Crippen LogP contribution is 2.22. The van der Waals surface area contributed by atoms with Gasteiger partial charge in [0, 0.05) is 19.7 Å². The lowest BCUT2D eigenvalue weighted by atomic mass is 10.1. The van der Waals surface area contributed by atoms with E-state index in [0.29, 0.717) is 36.8 Å². The van der Waals surface area contributed by atoms with Gasteiger partial charge in [-0.15, -0.1) is 0 Å². The number of carbonyl (C=O) groups is 1. The van der Waals surface area contributed by atoms with Gasteiger partial charge in [-0.3, -0.25) is 9.48 Å². The summed E-state index contributed by atoms with van der Waals surface area (Å²) in [6.07, 6.45) is 0. The number of thiazole rings is 1. The van der Waals surface area contributed by atoms with E-state index < -0.39 is 0 Å². The van der Waals surface area contributed by atoms with E-state index in [0.717, 1.165) is 15.9 Å². The van der Waals surface area contributed by atoms with Crippen LogP contribution in [0.4, 0.5) is 0 Å². The lowest BCUT2D eigenvalue weighted by Crippen LogP contribution is -2.20. The Labute approximate surface area is 163 Å². The highest BCUT2D eigenvalue weighted by atomic mass is 32.1. The molecule has 2 aromatic heterocycles. The molecule has 0 N–H and O–H groups in total. The third-order valence-corrected chi connectivity index (χ3v) is 5.62. The minimum Gasteiger partial charge on any atom is -0.380 e. The topological polar surface area (TPSA) is 61.4 Å². The summed E-state index contributed by atoms with van der Waals surface area (Å²) in [5.74, 6) is -0.261. The van der Waals surface area contributed by atoms with Crippen molar-refractivity contribution in [3.8, 4) is 0 Å². The summed E-state index contributed by atoms with van der Waals surface area (Å²) in [6, 6.07) is 6.12. The molecule has 0 atom stereocenters. The molecular weight excluding hydrogens is 360 g/mol. The van der Waals surface area contributed by atoms with E-state index in [1.807, 2.05) is 20.8 Å². The molecule has 0 saturated carbocycles. The number of ether oxygens (including phenoxy) is 1. The van der Waals surface area contributed by atoms with E-state index in [1.165, 1.54) is 22.5 Å². The van der Waals surface area contributed by atoms with Crippen LogP contribution in [0.25, 0.3) is 10.2 Å². The molecule has 7 heteroatoms. The average molecular weight is 387 g/mol. The van der Waals surface area contributed by atoms with Crippen molar-refractivity contribution < 1.29 is 9.53 Å². The largest absolute Gasteiger partial charge is 0.380 e. The maximum Gasteiger partial charge on any atom is 0.297 e. The fourth-order valence-electron chi connectivity index (χ4n) is 3.03. The zero-order chi connectivity index (χ0) is 19.6. The maximum atomic E-state index is 12.8. The van der Waals surface area contributed by atoms with Crippen molar-refractivity contribution in [2.75, 3.05) is 13.2 Å². The van der Waals surface area contributed by atoms with Crippen molar-refractivity contribution in [1.29, 1.82) is 0 Å². The van der Waals surface area contributed by atoms with E-state index in [9.17, 15) is 4.79 Å². The van der Waals surface area contributed by atoms with Crippen LogP contribution in [-0.2, 0) is 17.8 Å². The molecule has 2 heterocycles. The normalized spacial score (nSPS) is 12.3. The third kappa shape index (κ3) is 4.04. The van der Waals surface area contributed by atoms with Gasteiger partial charge in [-0.25, -0.2) is 0 Å². The number of rotatable bonds is 6. The highest BCUT2D eigenvalue weighted by molar-refractivity contribution is 7.16. The van der Waals surface area contributed by atoms with Gasteiger partial charge < -0.3 is 9.30 Å². The van der Waals surface area contributed by atoms with Gasteiger partial charge >= 0.3 is 0 Å². The lowest BCUT2D eigenvalue weighted by molar-refractivity contribution is 0.0986. The number of aryl methyl sites for hydroxylation is 4. The van der Waals surface area contributed by atoms with Gasteiger partial charge in [0.2, 0.25) is 0 Å². The molecule has 0 fully saturated rings. The number of fused-ring (bicyclic) bond motifs is 1. The predicted octanol–water partition coefficient (Wildman–Crippen LogP) is 3.62. The number of hydrogen-bond acceptors (Lipinski definition) is 4. The van der Waals surface area contributed by atoms with Gasteiger partial charge in [0.05, 0.1) is 22.5 Å². The Morgan fingerprint density at radius 2 is 1.93 bits per heavy atom. The fourth-order valence-corrected chi connectivity index (χ4v) is 4.16. The minimum absolute atomic E-state index is 0.261. The minimum atomic E-state index is -0.261. The number of benzene rings is 1. The summed E-state index contributed by atoms with van der Waals surface area (Å²) in [6.45, 7) is 12.6. The first kappa shape index (κ1) is 19.5. The molecule has 6 nitrogen and oxygen atoms in total. The molecule has 0 unspecified atom stereocenters. The molecule has 1 amide bonds. The molecule has 1 aromatic carbocycles. The van der Waals surface area contributed by atoms with E-state index >= 15 is 0 Å². The van der Waals surface area contributed by atoms with Crippen LogP contribution in [0.2, 0.25) is 0 Å². The number of nitrogens with zero attached hydrogens (tertiary/aromatic N) is 4. The zero-order valence-corrected chi connectivity index (χ0v) is 17.4. The van der Waals surface area contributed by atoms with Crippen LogP contribution in [0.5, 0.6) is 0 Å². The standard InChI is InChI=1S/C20H26N4O2S/c1-6-24-17(12-15(5)22-24)19(25)21-20-23(8-9-26-7-2)16-10-13(3)14(4)11-18(16)27-20/h10-12H,6-9H2,1-5H3. The molecule has 0 aliphatic rings. The first-order valence-electron chi connectivity index (χ1n) is 9.26. The Balaban J connectivity index is 2.12. The summed E-state index contributed by atoms with van der Waals surface area (Å²) >= 11 is 1.54. The summed E-state index contributed by atoms with van der Waals surface area (Å²) in [5.41, 5.74) is 4.90. The summed E-state index contributed by atoms with van der Waals surface area (Å²) in [5, 5.41) is 4.35. The average Bonchev–Trinajstić information content (AvgIpc) is 3.16. The van der Waals surface area contributed by atoms with Gasteiger partial charge in [0.1, 0.15) is 5.69 Å². The molecule has 0 saturated heterocycles. The zero-order valence-electron chi connectivity index (χ0n) is 16.6. The molecular formula is C20H26N4O2S. The van der Waals surface area contributed by atoms with Crippen LogP contribution < -0.4 is 4.80 Å². The lowest BCUT2D eigenvalue weighted by Gasteiger charge is -2.07. The van der Waals surface area contributed by atoms with Crippen molar-refractivity contribution in [2.45, 2.75) is 47.7 Å². The smallest absolute Gasteiger partial charge is 0.297 e. The Bertz CT molecular complexity index is 1040. The fraction of sp³-hybridized carbons (Fsp3) is 0.450. The van der Waals surface area contributed by atoms with Crippen LogP contribution >= 0.6 is 11.3 Å². The molecule has 0 bridgehead atoms. The molecule has 0 aliphatic carbocycles. The van der Waals surface area contributed by atoms with Gasteiger partial charge in [-0.05, 0) is 63.9 Å². The Morgan fingerprint density at radius 3 is 2.63 bits per heavy atom. The predicted molar refractivity (Wildman–Crippen MR) is 108 cm³/mol. The number of amides is 1. The number of aromatic nitrogens is 3. The van der Waals surface area contributed by atoms with E-state index in [2.05, 4.69) is 40.6 Å². The summed E-state index contributed by atoms with van der Waals surface area (Å²) in [4.78, 5) is 18.0. The Hall–Kier alpha value is -2.25. The van der Waals surface area contributed by atoms with Crippen LogP contribution in [-0.4, -0.2) is 33.5 Å². The second kappa shape index (κ2) is 8.19. The first-order valence-corrected chi connectivity index (χ1v) is 10.1. The van der Waals surface area contributed by atoms with Crippen LogP contribution in [0.1, 0.15) is 41.2 Å². The van der Waals surface area contributed by atoms with Gasteiger partial charge in [0.25, 0.3) is 5.91 Å². The maximum absolute atomic E-state index is 12.8. The first-order chi connectivity index (χ1) is 12.9. The second-order valence-electron chi connectivity index (χ2n) is 6.54. The second-order valence-corrected chi connectivity index (χ2v) is 7.55. The Kier molecular flexibility index (Phi) is 5.92. The van der Waals surface area contributed by atoms with Crippen LogP contribution in [0.3, 0.4) is 0 Å². The third-order valence-electron chi connectivity index (χ3n) is 4.58.